The van der Waals surface area contributed by atoms with Crippen LogP contribution < -0.4 is 10.2 Å². The molecule has 0 aromatic carbocycles. The maximum Gasteiger partial charge on any atom is 0.158 e. The van der Waals surface area contributed by atoms with Gasteiger partial charge >= 0.3 is 0 Å². The molecule has 1 N–H and O–H groups in total. The fraction of sp³-hybridized carbons (Fsp3) is 0.714. The molecule has 2 atom stereocenters. The summed E-state index contributed by atoms with van der Waals surface area (Å²) in [5.41, 5.74) is 0. The van der Waals surface area contributed by atoms with Gasteiger partial charge < -0.3 is 15.0 Å². The van der Waals surface area contributed by atoms with E-state index in [4.69, 9.17) is 4.74 Å². The quantitative estimate of drug-likeness (QED) is 0.884. The fourth-order valence-electron chi connectivity index (χ4n) is 2.64. The third-order valence-corrected chi connectivity index (χ3v) is 3.53. The van der Waals surface area contributed by atoms with Gasteiger partial charge in [0.2, 0.25) is 0 Å². The number of hydrogen-bond acceptors (Lipinski definition) is 5. The Hall–Kier alpha value is -1.36. The number of rotatable bonds is 5. The Balaban J connectivity index is 2.23. The zero-order chi connectivity index (χ0) is 13.8. The molecule has 1 fully saturated rings. The molecule has 1 aromatic heterocycles. The molecule has 1 aromatic rings. The molecule has 0 radical (unpaired) electrons. The maximum absolute atomic E-state index is 5.41. The monoisotopic (exact) mass is 264 g/mol. The van der Waals surface area contributed by atoms with Crippen LogP contribution in [0.2, 0.25) is 0 Å². The molecule has 5 nitrogen and oxygen atoms in total. The van der Waals surface area contributed by atoms with E-state index in [2.05, 4.69) is 34.0 Å². The number of ether oxygens (including phenoxy) is 1. The first-order chi connectivity index (χ1) is 9.13. The summed E-state index contributed by atoms with van der Waals surface area (Å²) in [6, 6.07) is 2.55. The molecule has 0 bridgehead atoms. The van der Waals surface area contributed by atoms with Gasteiger partial charge in [-0.2, -0.15) is 0 Å². The normalized spacial score (nSPS) is 22.8. The minimum Gasteiger partial charge on any atom is -0.374 e. The van der Waals surface area contributed by atoms with Crippen molar-refractivity contribution in [2.45, 2.75) is 39.8 Å². The summed E-state index contributed by atoms with van der Waals surface area (Å²) < 4.78 is 5.41. The first-order valence-electron chi connectivity index (χ1n) is 7.04. The minimum absolute atomic E-state index is 0.469. The van der Waals surface area contributed by atoms with Gasteiger partial charge in [0.1, 0.15) is 18.2 Å². The highest BCUT2D eigenvalue weighted by molar-refractivity contribution is 5.50. The van der Waals surface area contributed by atoms with Gasteiger partial charge in [-0.3, -0.25) is 0 Å². The van der Waals surface area contributed by atoms with Gasteiger partial charge in [-0.25, -0.2) is 9.97 Å². The first-order valence-corrected chi connectivity index (χ1v) is 7.04. The number of anilines is 2. The van der Waals surface area contributed by atoms with Crippen molar-refractivity contribution < 1.29 is 4.74 Å². The average molecular weight is 264 g/mol. The van der Waals surface area contributed by atoms with Crippen molar-refractivity contribution >= 4 is 11.6 Å². The van der Waals surface area contributed by atoms with E-state index in [1.54, 1.807) is 0 Å². The summed E-state index contributed by atoms with van der Waals surface area (Å²) in [5, 5.41) is 3.10. The Morgan fingerprint density at radius 2 is 2.21 bits per heavy atom. The molecule has 106 valence electrons. The Labute approximate surface area is 115 Å². The van der Waals surface area contributed by atoms with E-state index in [1.165, 1.54) is 6.42 Å². The lowest BCUT2D eigenvalue weighted by atomic mass is 10.1. The van der Waals surface area contributed by atoms with Crippen LogP contribution in [0.4, 0.5) is 11.6 Å². The van der Waals surface area contributed by atoms with E-state index >= 15 is 0 Å². The maximum atomic E-state index is 5.41. The zero-order valence-electron chi connectivity index (χ0n) is 12.3. The Kier molecular flexibility index (Phi) is 4.58. The Morgan fingerprint density at radius 3 is 2.79 bits per heavy atom. The van der Waals surface area contributed by atoms with Crippen LogP contribution in [0, 0.1) is 5.92 Å². The van der Waals surface area contributed by atoms with E-state index in [0.29, 0.717) is 19.3 Å². The summed E-state index contributed by atoms with van der Waals surface area (Å²) >= 11 is 0. The SMILES string of the molecule is CCOCc1nc(NC)cc(N2CC(C)CC2C)n1. The average Bonchev–Trinajstić information content (AvgIpc) is 2.75. The highest BCUT2D eigenvalue weighted by Gasteiger charge is 2.27. The predicted octanol–water partition coefficient (Wildman–Crippen LogP) is 2.29. The van der Waals surface area contributed by atoms with Crippen molar-refractivity contribution in [3.63, 3.8) is 0 Å². The third-order valence-electron chi connectivity index (χ3n) is 3.53. The third kappa shape index (κ3) is 3.35. The number of hydrogen-bond donors (Lipinski definition) is 1. The van der Waals surface area contributed by atoms with E-state index in [-0.39, 0.29) is 0 Å². The molecule has 19 heavy (non-hydrogen) atoms. The summed E-state index contributed by atoms with van der Waals surface area (Å²) in [5.74, 6) is 3.33. The summed E-state index contributed by atoms with van der Waals surface area (Å²) in [6.07, 6.45) is 1.22. The second-order valence-electron chi connectivity index (χ2n) is 5.26. The lowest BCUT2D eigenvalue weighted by Gasteiger charge is -2.23. The van der Waals surface area contributed by atoms with Crippen molar-refractivity contribution in [2.24, 2.45) is 5.92 Å². The molecule has 0 saturated carbocycles. The number of nitrogens with zero attached hydrogens (tertiary/aromatic N) is 3. The van der Waals surface area contributed by atoms with Crippen molar-refractivity contribution in [3.8, 4) is 0 Å². The van der Waals surface area contributed by atoms with Gasteiger partial charge in [0.05, 0.1) is 0 Å². The summed E-state index contributed by atoms with van der Waals surface area (Å²) in [6.45, 7) is 8.74. The standard InChI is InChI=1S/C14H24N4O/c1-5-19-9-13-16-12(15-4)7-14(17-13)18-8-10(2)6-11(18)3/h7,10-11H,5-6,8-9H2,1-4H3,(H,15,16,17). The van der Waals surface area contributed by atoms with Crippen molar-refractivity contribution in [3.05, 3.63) is 11.9 Å². The van der Waals surface area contributed by atoms with Crippen LogP contribution in [0.25, 0.3) is 0 Å². The summed E-state index contributed by atoms with van der Waals surface area (Å²) in [4.78, 5) is 11.4. The molecule has 1 saturated heterocycles. The smallest absolute Gasteiger partial charge is 0.158 e. The van der Waals surface area contributed by atoms with E-state index in [0.717, 1.165) is 29.9 Å². The first kappa shape index (κ1) is 14.1. The van der Waals surface area contributed by atoms with Gasteiger partial charge in [-0.05, 0) is 26.2 Å². The van der Waals surface area contributed by atoms with Gasteiger partial charge in [-0.1, -0.05) is 6.92 Å². The molecule has 1 aliphatic rings. The van der Waals surface area contributed by atoms with Crippen LogP contribution in [0.15, 0.2) is 6.07 Å². The molecule has 0 spiro atoms. The molecule has 0 aliphatic carbocycles. The molecule has 2 unspecified atom stereocenters. The molecule has 0 amide bonds. The van der Waals surface area contributed by atoms with E-state index in [1.807, 2.05) is 20.0 Å². The second-order valence-corrected chi connectivity index (χ2v) is 5.26. The Bertz CT molecular complexity index is 424. The number of aromatic nitrogens is 2. The second kappa shape index (κ2) is 6.19. The van der Waals surface area contributed by atoms with Crippen LogP contribution in [0.1, 0.15) is 33.0 Å². The highest BCUT2D eigenvalue weighted by Crippen LogP contribution is 2.28. The van der Waals surface area contributed by atoms with Crippen LogP contribution in [0.5, 0.6) is 0 Å². The molecule has 1 aliphatic heterocycles. The predicted molar refractivity (Wildman–Crippen MR) is 77.5 cm³/mol. The molecular weight excluding hydrogens is 240 g/mol. The van der Waals surface area contributed by atoms with Crippen molar-refractivity contribution in [2.75, 3.05) is 30.4 Å². The summed E-state index contributed by atoms with van der Waals surface area (Å²) in [7, 11) is 1.88. The van der Waals surface area contributed by atoms with Crippen molar-refractivity contribution in [1.82, 2.24) is 9.97 Å². The zero-order valence-corrected chi connectivity index (χ0v) is 12.3. The van der Waals surface area contributed by atoms with Gasteiger partial charge in [-0.15, -0.1) is 0 Å². The van der Waals surface area contributed by atoms with Crippen LogP contribution in [0.3, 0.4) is 0 Å². The van der Waals surface area contributed by atoms with Crippen LogP contribution >= 0.6 is 0 Å². The van der Waals surface area contributed by atoms with Gasteiger partial charge in [0, 0.05) is 32.3 Å². The number of nitrogens with one attached hydrogen (secondary N) is 1. The minimum atomic E-state index is 0.469. The topological polar surface area (TPSA) is 50.3 Å². The fourth-order valence-corrected chi connectivity index (χ4v) is 2.64. The van der Waals surface area contributed by atoms with Gasteiger partial charge in [0.25, 0.3) is 0 Å². The van der Waals surface area contributed by atoms with Crippen molar-refractivity contribution in [1.29, 1.82) is 0 Å². The van der Waals surface area contributed by atoms with Crippen LogP contribution in [-0.4, -0.2) is 36.2 Å². The molecule has 5 heteroatoms. The van der Waals surface area contributed by atoms with Crippen LogP contribution in [-0.2, 0) is 11.3 Å². The molecule has 2 rings (SSSR count). The lowest BCUT2D eigenvalue weighted by Crippen LogP contribution is -2.28. The Morgan fingerprint density at radius 1 is 1.42 bits per heavy atom. The largest absolute Gasteiger partial charge is 0.374 e. The molecular formula is C14H24N4O. The van der Waals surface area contributed by atoms with E-state index in [9.17, 15) is 0 Å². The van der Waals surface area contributed by atoms with Gasteiger partial charge in [0.15, 0.2) is 5.82 Å². The molecule has 2 heterocycles. The highest BCUT2D eigenvalue weighted by atomic mass is 16.5. The lowest BCUT2D eigenvalue weighted by molar-refractivity contribution is 0.128. The van der Waals surface area contributed by atoms with E-state index < -0.39 is 0 Å².